The molecular weight excluding hydrogens is 444 g/mol. The molecule has 9 heteroatoms. The van der Waals surface area contributed by atoms with E-state index in [0.717, 1.165) is 22.7 Å². The maximum atomic E-state index is 12.8. The molecule has 2 amide bonds. The van der Waals surface area contributed by atoms with Gasteiger partial charge in [0.1, 0.15) is 5.69 Å². The number of hydrogen-bond acceptors (Lipinski definition) is 5. The van der Waals surface area contributed by atoms with Crippen LogP contribution in [-0.2, 0) is 18.4 Å². The summed E-state index contributed by atoms with van der Waals surface area (Å²) in [5.41, 5.74) is 0.829. The lowest BCUT2D eigenvalue weighted by Crippen LogP contribution is -2.33. The summed E-state index contributed by atoms with van der Waals surface area (Å²) < 4.78 is 4.02. The Morgan fingerprint density at radius 1 is 1.29 bits per heavy atom. The Balaban J connectivity index is 1.79. The molecular formula is C19H19BrN4O3S. The maximum Gasteiger partial charge on any atom is 0.274 e. The van der Waals surface area contributed by atoms with E-state index in [-0.39, 0.29) is 11.3 Å². The maximum absolute atomic E-state index is 12.8. The lowest BCUT2D eigenvalue weighted by Gasteiger charge is -2.12. The summed E-state index contributed by atoms with van der Waals surface area (Å²) in [4.78, 5) is 41.7. The fraction of sp³-hybridized carbons (Fsp3) is 0.263. The molecule has 0 radical (unpaired) electrons. The van der Waals surface area contributed by atoms with Crippen molar-refractivity contribution in [3.63, 3.8) is 0 Å². The summed E-state index contributed by atoms with van der Waals surface area (Å²) in [7, 11) is 1.73. The van der Waals surface area contributed by atoms with Gasteiger partial charge in [-0.15, -0.1) is 0 Å². The fourth-order valence-corrected chi connectivity index (χ4v) is 3.94. The lowest BCUT2D eigenvalue weighted by atomic mass is 10.2. The number of carbonyl (C=O) groups excluding carboxylic acids is 2. The van der Waals surface area contributed by atoms with Gasteiger partial charge >= 0.3 is 0 Å². The Bertz CT molecular complexity index is 1110. The van der Waals surface area contributed by atoms with Gasteiger partial charge in [-0.05, 0) is 36.8 Å². The van der Waals surface area contributed by atoms with E-state index in [0.29, 0.717) is 28.3 Å². The zero-order valence-electron chi connectivity index (χ0n) is 15.4. The van der Waals surface area contributed by atoms with Crippen LogP contribution in [0.1, 0.15) is 23.8 Å². The van der Waals surface area contributed by atoms with Crippen molar-refractivity contribution in [3.8, 4) is 0 Å². The number of halogens is 1. The first-order valence-corrected chi connectivity index (χ1v) is 10.5. The van der Waals surface area contributed by atoms with Crippen molar-refractivity contribution >= 4 is 50.4 Å². The zero-order valence-corrected chi connectivity index (χ0v) is 17.8. The molecule has 28 heavy (non-hydrogen) atoms. The lowest BCUT2D eigenvalue weighted by molar-refractivity contribution is -0.117. The molecule has 0 aliphatic heterocycles. The van der Waals surface area contributed by atoms with E-state index in [1.165, 1.54) is 0 Å². The molecule has 0 spiro atoms. The molecule has 0 atom stereocenters. The average molecular weight is 463 g/mol. The first-order chi connectivity index (χ1) is 13.4. The molecule has 2 aromatic heterocycles. The van der Waals surface area contributed by atoms with E-state index in [1.54, 1.807) is 46.6 Å². The van der Waals surface area contributed by atoms with Gasteiger partial charge in [0.05, 0.1) is 16.7 Å². The molecule has 1 aromatic carbocycles. The molecule has 0 saturated carbocycles. The number of aromatic nitrogens is 3. The summed E-state index contributed by atoms with van der Waals surface area (Å²) in [6.07, 6.45) is 2.49. The predicted molar refractivity (Wildman–Crippen MR) is 113 cm³/mol. The summed E-state index contributed by atoms with van der Waals surface area (Å²) >= 11 is 4.52. The van der Waals surface area contributed by atoms with E-state index in [2.05, 4.69) is 26.2 Å². The number of nitrogens with one attached hydrogen (secondary N) is 1. The van der Waals surface area contributed by atoms with E-state index < -0.39 is 11.8 Å². The van der Waals surface area contributed by atoms with Crippen molar-refractivity contribution in [2.45, 2.75) is 25.0 Å². The number of nitrogens with zero attached hydrogens (tertiary/aromatic N) is 3. The molecule has 0 fully saturated rings. The van der Waals surface area contributed by atoms with Crippen LogP contribution in [0.25, 0.3) is 10.9 Å². The van der Waals surface area contributed by atoms with Crippen LogP contribution in [0, 0.1) is 0 Å². The molecule has 0 bridgehead atoms. The molecule has 0 unspecified atom stereocenters. The minimum atomic E-state index is -0.458. The summed E-state index contributed by atoms with van der Waals surface area (Å²) in [6, 6.07) is 8.70. The van der Waals surface area contributed by atoms with Gasteiger partial charge in [-0.1, -0.05) is 34.6 Å². The number of fused-ring (bicyclic) bond motifs is 1. The Kier molecular flexibility index (Phi) is 6.35. The number of carbonyl (C=O) groups is 2. The average Bonchev–Trinajstić information content (AvgIpc) is 3.09. The van der Waals surface area contributed by atoms with Crippen LogP contribution in [0.2, 0.25) is 0 Å². The van der Waals surface area contributed by atoms with Crippen LogP contribution in [0.3, 0.4) is 0 Å². The van der Waals surface area contributed by atoms with Crippen LogP contribution in [-0.4, -0.2) is 31.7 Å². The molecule has 0 saturated heterocycles. The summed E-state index contributed by atoms with van der Waals surface area (Å²) in [6.45, 7) is 2.47. The van der Waals surface area contributed by atoms with Gasteiger partial charge < -0.3 is 4.57 Å². The van der Waals surface area contributed by atoms with Crippen molar-refractivity contribution in [2.75, 3.05) is 5.75 Å². The second-order valence-corrected chi connectivity index (χ2v) is 8.04. The fourth-order valence-electron chi connectivity index (χ4n) is 2.76. The quantitative estimate of drug-likeness (QED) is 0.449. The monoisotopic (exact) mass is 462 g/mol. The van der Waals surface area contributed by atoms with Gasteiger partial charge in [0.25, 0.3) is 11.5 Å². The van der Waals surface area contributed by atoms with Crippen LogP contribution in [0.5, 0.6) is 0 Å². The first kappa shape index (κ1) is 20.3. The van der Waals surface area contributed by atoms with Crippen LogP contribution in [0.4, 0.5) is 0 Å². The smallest absolute Gasteiger partial charge is 0.274 e. The zero-order chi connectivity index (χ0) is 20.3. The largest absolute Gasteiger partial charge is 0.347 e. The van der Waals surface area contributed by atoms with Crippen molar-refractivity contribution in [2.24, 2.45) is 7.05 Å². The van der Waals surface area contributed by atoms with Gasteiger partial charge in [-0.3, -0.25) is 24.3 Å². The minimum Gasteiger partial charge on any atom is -0.347 e. The molecule has 146 valence electrons. The molecule has 0 aliphatic carbocycles. The van der Waals surface area contributed by atoms with Crippen molar-refractivity contribution in [3.05, 3.63) is 57.0 Å². The second kappa shape index (κ2) is 8.74. The van der Waals surface area contributed by atoms with E-state index >= 15 is 0 Å². The first-order valence-electron chi connectivity index (χ1n) is 8.69. The Morgan fingerprint density at radius 3 is 2.75 bits per heavy atom. The molecule has 7 nitrogen and oxygen atoms in total. The summed E-state index contributed by atoms with van der Waals surface area (Å²) in [5, 5.41) is 3.35. The van der Waals surface area contributed by atoms with Crippen LogP contribution in [0.15, 0.2) is 51.0 Å². The summed E-state index contributed by atoms with van der Waals surface area (Å²) in [5.74, 6) is -0.918. The van der Waals surface area contributed by atoms with Gasteiger partial charge in [0.2, 0.25) is 5.91 Å². The van der Waals surface area contributed by atoms with Crippen LogP contribution < -0.4 is 10.9 Å². The third-order valence-electron chi connectivity index (χ3n) is 4.09. The van der Waals surface area contributed by atoms with Gasteiger partial charge in [0.15, 0.2) is 5.16 Å². The molecule has 3 aromatic rings. The molecule has 2 heterocycles. The van der Waals surface area contributed by atoms with E-state index in [4.69, 9.17) is 0 Å². The normalized spacial score (nSPS) is 11.0. The van der Waals surface area contributed by atoms with Gasteiger partial charge in [-0.25, -0.2) is 4.98 Å². The number of imide groups is 1. The number of aryl methyl sites for hydroxylation is 1. The molecule has 0 aliphatic rings. The third-order valence-corrected chi connectivity index (χ3v) is 5.56. The van der Waals surface area contributed by atoms with Crippen molar-refractivity contribution < 1.29 is 9.59 Å². The highest BCUT2D eigenvalue weighted by Gasteiger charge is 2.16. The minimum absolute atomic E-state index is 0.0195. The molecule has 3 rings (SSSR count). The number of amides is 2. The standard InChI is InChI=1S/C19H19BrN4O3S/c1-3-8-24-18(27)13-10-12(20)6-7-14(13)21-19(24)28-11-16(25)22-17(26)15-5-4-9-23(15)2/h4-7,9-10H,3,8,11H2,1-2H3,(H,22,25,26). The SMILES string of the molecule is CCCn1c(SCC(=O)NC(=O)c2cccn2C)nc2ccc(Br)cc2c1=O. The number of benzene rings is 1. The van der Waals surface area contributed by atoms with Gasteiger partial charge in [-0.2, -0.15) is 0 Å². The Hall–Kier alpha value is -2.39. The van der Waals surface area contributed by atoms with Gasteiger partial charge in [0, 0.05) is 24.3 Å². The van der Waals surface area contributed by atoms with Crippen LogP contribution >= 0.6 is 27.7 Å². The van der Waals surface area contributed by atoms with E-state index in [9.17, 15) is 14.4 Å². The Morgan fingerprint density at radius 2 is 2.07 bits per heavy atom. The highest BCUT2D eigenvalue weighted by molar-refractivity contribution is 9.10. The number of thioether (sulfide) groups is 1. The predicted octanol–water partition coefficient (Wildman–Crippen LogP) is 2.96. The highest BCUT2D eigenvalue weighted by Crippen LogP contribution is 2.20. The number of rotatable bonds is 6. The van der Waals surface area contributed by atoms with E-state index in [1.807, 2.05) is 13.0 Å². The highest BCUT2D eigenvalue weighted by atomic mass is 79.9. The number of hydrogen-bond donors (Lipinski definition) is 1. The van der Waals surface area contributed by atoms with Crippen molar-refractivity contribution in [1.29, 1.82) is 0 Å². The Labute approximate surface area is 174 Å². The van der Waals surface area contributed by atoms with Crippen molar-refractivity contribution in [1.82, 2.24) is 19.4 Å². The third kappa shape index (κ3) is 4.36. The molecule has 1 N–H and O–H groups in total. The second-order valence-electron chi connectivity index (χ2n) is 6.18. The topological polar surface area (TPSA) is 86.0 Å².